The molecule has 0 saturated carbocycles. The van der Waals surface area contributed by atoms with E-state index in [0.29, 0.717) is 11.3 Å². The van der Waals surface area contributed by atoms with Gasteiger partial charge in [0.05, 0.1) is 0 Å². The van der Waals surface area contributed by atoms with E-state index in [-0.39, 0.29) is 18.6 Å². The fraction of sp³-hybridized carbons (Fsp3) is 0.400. The first kappa shape index (κ1) is 16.4. The first-order chi connectivity index (χ1) is 9.45. The maximum absolute atomic E-state index is 12.2. The average molecular weight is 293 g/mol. The molecule has 0 bridgehead atoms. The second-order valence-corrected chi connectivity index (χ2v) is 6.03. The number of hydrogen-bond donors (Lipinski definition) is 2. The van der Waals surface area contributed by atoms with Crippen molar-refractivity contribution in [1.82, 2.24) is 5.32 Å². The summed E-state index contributed by atoms with van der Waals surface area (Å²) < 4.78 is 11.1. The Labute approximate surface area is 122 Å². The van der Waals surface area contributed by atoms with E-state index in [1.165, 1.54) is 0 Å². The van der Waals surface area contributed by atoms with E-state index in [0.717, 1.165) is 11.1 Å². The first-order valence-corrected chi connectivity index (χ1v) is 7.98. The van der Waals surface area contributed by atoms with E-state index in [2.05, 4.69) is 17.2 Å². The van der Waals surface area contributed by atoms with Gasteiger partial charge >= 0.3 is 0 Å². The van der Waals surface area contributed by atoms with Crippen molar-refractivity contribution in [3.8, 4) is 11.8 Å². The fourth-order valence-corrected chi connectivity index (χ4v) is 2.63. The lowest BCUT2D eigenvalue weighted by molar-refractivity contribution is 0.0943. The van der Waals surface area contributed by atoms with Gasteiger partial charge in [-0.1, -0.05) is 17.9 Å². The van der Waals surface area contributed by atoms with Crippen LogP contribution < -0.4 is 5.32 Å². The molecule has 1 amide bonds. The summed E-state index contributed by atoms with van der Waals surface area (Å²) in [7, 11) is -0.947. The molecule has 0 spiro atoms. The molecule has 108 valence electrons. The maximum Gasteiger partial charge on any atom is 0.251 e. The number of rotatable bonds is 4. The standard InChI is InChI=1S/C15H19NO3S/c1-11(10-20(3)19)16-15(18)14-8-4-6-13(12(14)2)7-5-9-17/h4,6,8,11,17H,9-10H2,1-3H3,(H,16,18). The van der Waals surface area contributed by atoms with E-state index in [1.807, 2.05) is 13.8 Å². The van der Waals surface area contributed by atoms with Crippen LogP contribution in [0.3, 0.4) is 0 Å². The Morgan fingerprint density at radius 1 is 1.50 bits per heavy atom. The minimum Gasteiger partial charge on any atom is -0.384 e. The molecule has 1 aromatic carbocycles. The van der Waals surface area contributed by atoms with E-state index in [4.69, 9.17) is 5.11 Å². The highest BCUT2D eigenvalue weighted by molar-refractivity contribution is 7.84. The number of aliphatic hydroxyl groups is 1. The predicted octanol–water partition coefficient (Wildman–Crippen LogP) is 0.836. The van der Waals surface area contributed by atoms with Gasteiger partial charge in [-0.2, -0.15) is 0 Å². The number of benzene rings is 1. The molecule has 2 unspecified atom stereocenters. The van der Waals surface area contributed by atoms with Crippen molar-refractivity contribution in [2.75, 3.05) is 18.6 Å². The van der Waals surface area contributed by atoms with Crippen LogP contribution >= 0.6 is 0 Å². The topological polar surface area (TPSA) is 66.4 Å². The number of hydrogen-bond acceptors (Lipinski definition) is 3. The highest BCUT2D eigenvalue weighted by Gasteiger charge is 2.14. The molecule has 0 aliphatic heterocycles. The zero-order valence-electron chi connectivity index (χ0n) is 11.9. The molecule has 0 aliphatic rings. The summed E-state index contributed by atoms with van der Waals surface area (Å²) in [4.78, 5) is 12.2. The van der Waals surface area contributed by atoms with Gasteiger partial charge < -0.3 is 10.4 Å². The smallest absolute Gasteiger partial charge is 0.251 e. The van der Waals surface area contributed by atoms with Gasteiger partial charge in [-0.3, -0.25) is 9.00 Å². The van der Waals surface area contributed by atoms with Crippen molar-refractivity contribution in [2.45, 2.75) is 19.9 Å². The second kappa shape index (κ2) is 7.83. The molecule has 2 atom stereocenters. The lowest BCUT2D eigenvalue weighted by Crippen LogP contribution is -2.36. The summed E-state index contributed by atoms with van der Waals surface area (Å²) in [5.41, 5.74) is 2.04. The number of amides is 1. The Balaban J connectivity index is 2.91. The number of aliphatic hydroxyl groups excluding tert-OH is 1. The number of carbonyl (C=O) groups excluding carboxylic acids is 1. The van der Waals surface area contributed by atoms with E-state index >= 15 is 0 Å². The van der Waals surface area contributed by atoms with Crippen LogP contribution in [-0.2, 0) is 10.8 Å². The Hall–Kier alpha value is -1.64. The van der Waals surface area contributed by atoms with Crippen LogP contribution in [0.5, 0.6) is 0 Å². The molecule has 4 nitrogen and oxygen atoms in total. The molecular formula is C15H19NO3S. The molecular weight excluding hydrogens is 274 g/mol. The maximum atomic E-state index is 12.2. The van der Waals surface area contributed by atoms with Crippen molar-refractivity contribution in [3.05, 3.63) is 34.9 Å². The molecule has 2 N–H and O–H groups in total. The Morgan fingerprint density at radius 3 is 2.80 bits per heavy atom. The lowest BCUT2D eigenvalue weighted by atomic mass is 10.0. The SMILES string of the molecule is Cc1c(C#CCO)cccc1C(=O)NC(C)CS(C)=O. The minimum atomic E-state index is -0.947. The van der Waals surface area contributed by atoms with Crippen LogP contribution in [0, 0.1) is 18.8 Å². The van der Waals surface area contributed by atoms with Crippen LogP contribution in [0.15, 0.2) is 18.2 Å². The van der Waals surface area contributed by atoms with E-state index < -0.39 is 10.8 Å². The molecule has 0 aliphatic carbocycles. The van der Waals surface area contributed by atoms with Crippen molar-refractivity contribution >= 4 is 16.7 Å². The van der Waals surface area contributed by atoms with Gasteiger partial charge in [0.25, 0.3) is 5.91 Å². The van der Waals surface area contributed by atoms with Crippen LogP contribution in [-0.4, -0.2) is 39.9 Å². The molecule has 0 radical (unpaired) electrons. The molecule has 0 saturated heterocycles. The van der Waals surface area contributed by atoms with Crippen LogP contribution in [0.1, 0.15) is 28.4 Å². The molecule has 20 heavy (non-hydrogen) atoms. The van der Waals surface area contributed by atoms with Crippen LogP contribution in [0.2, 0.25) is 0 Å². The average Bonchev–Trinajstić information content (AvgIpc) is 2.36. The number of nitrogens with one attached hydrogen (secondary N) is 1. The van der Waals surface area contributed by atoms with Crippen molar-refractivity contribution < 1.29 is 14.1 Å². The summed E-state index contributed by atoms with van der Waals surface area (Å²) in [6.45, 7) is 3.43. The number of carbonyl (C=O) groups is 1. The van der Waals surface area contributed by atoms with Gasteiger partial charge in [0.1, 0.15) is 6.61 Å². The zero-order valence-corrected chi connectivity index (χ0v) is 12.7. The summed E-state index contributed by atoms with van der Waals surface area (Å²) in [6.07, 6.45) is 1.61. The molecule has 1 rings (SSSR count). The summed E-state index contributed by atoms with van der Waals surface area (Å²) >= 11 is 0. The van der Waals surface area contributed by atoms with Gasteiger partial charge in [0.2, 0.25) is 0 Å². The summed E-state index contributed by atoms with van der Waals surface area (Å²) in [5.74, 6) is 5.61. The Morgan fingerprint density at radius 2 is 2.20 bits per heavy atom. The predicted molar refractivity (Wildman–Crippen MR) is 81.0 cm³/mol. The van der Waals surface area contributed by atoms with Crippen LogP contribution in [0.4, 0.5) is 0 Å². The third-order valence-corrected chi connectivity index (χ3v) is 3.71. The molecule has 5 heteroatoms. The normalized spacial score (nSPS) is 13.0. The third-order valence-electron chi connectivity index (χ3n) is 2.74. The van der Waals surface area contributed by atoms with Gasteiger partial charge in [0, 0.05) is 40.0 Å². The van der Waals surface area contributed by atoms with Crippen molar-refractivity contribution in [3.63, 3.8) is 0 Å². The molecule has 1 aromatic rings. The van der Waals surface area contributed by atoms with Crippen LogP contribution in [0.25, 0.3) is 0 Å². The molecule has 0 fully saturated rings. The Bertz CT molecular complexity index is 572. The second-order valence-electron chi connectivity index (χ2n) is 4.55. The van der Waals surface area contributed by atoms with Crippen molar-refractivity contribution in [1.29, 1.82) is 0 Å². The minimum absolute atomic E-state index is 0.153. The van der Waals surface area contributed by atoms with E-state index in [9.17, 15) is 9.00 Å². The van der Waals surface area contributed by atoms with E-state index in [1.54, 1.807) is 24.5 Å². The monoisotopic (exact) mass is 293 g/mol. The molecule has 0 aromatic heterocycles. The van der Waals surface area contributed by atoms with Crippen molar-refractivity contribution in [2.24, 2.45) is 0 Å². The van der Waals surface area contributed by atoms with Gasteiger partial charge in [-0.05, 0) is 31.5 Å². The zero-order chi connectivity index (χ0) is 15.1. The van der Waals surface area contributed by atoms with Gasteiger partial charge in [0.15, 0.2) is 0 Å². The summed E-state index contributed by atoms with van der Waals surface area (Å²) in [5, 5.41) is 11.5. The Kier molecular flexibility index (Phi) is 6.43. The summed E-state index contributed by atoms with van der Waals surface area (Å²) in [6, 6.07) is 5.13. The third kappa shape index (κ3) is 4.80. The lowest BCUT2D eigenvalue weighted by Gasteiger charge is -2.14. The quantitative estimate of drug-likeness (QED) is 0.808. The van der Waals surface area contributed by atoms with Gasteiger partial charge in [-0.25, -0.2) is 0 Å². The fourth-order valence-electron chi connectivity index (χ4n) is 1.85. The molecule has 0 heterocycles. The highest BCUT2D eigenvalue weighted by atomic mass is 32.2. The first-order valence-electron chi connectivity index (χ1n) is 6.26. The highest BCUT2D eigenvalue weighted by Crippen LogP contribution is 2.13. The largest absolute Gasteiger partial charge is 0.384 e. The van der Waals surface area contributed by atoms with Gasteiger partial charge in [-0.15, -0.1) is 0 Å².